The molecule has 1 fully saturated rings. The lowest BCUT2D eigenvalue weighted by molar-refractivity contribution is 0.0710. The number of hydrogen-bond acceptors (Lipinski definition) is 5. The van der Waals surface area contributed by atoms with Gasteiger partial charge in [0, 0.05) is 17.7 Å². The number of amides is 1. The van der Waals surface area contributed by atoms with Crippen LogP contribution in [0.2, 0.25) is 0 Å². The third-order valence-corrected chi connectivity index (χ3v) is 5.83. The Bertz CT molecular complexity index is 1200. The summed E-state index contributed by atoms with van der Waals surface area (Å²) in [5.41, 5.74) is 3.71. The van der Waals surface area contributed by atoms with Crippen LogP contribution in [0.1, 0.15) is 35.1 Å². The molecular weight excluding hydrogens is 402 g/mol. The molecule has 0 N–H and O–H groups in total. The first-order valence-corrected chi connectivity index (χ1v) is 10.7. The maximum Gasteiger partial charge on any atom is 0.254 e. The Kier molecular flexibility index (Phi) is 5.42. The summed E-state index contributed by atoms with van der Waals surface area (Å²) < 4.78 is 10.8. The molecule has 4 aromatic rings. The van der Waals surface area contributed by atoms with Crippen molar-refractivity contribution >= 4 is 5.91 Å². The van der Waals surface area contributed by atoms with E-state index in [4.69, 9.17) is 9.26 Å². The second-order valence-electron chi connectivity index (χ2n) is 7.78. The Morgan fingerprint density at radius 1 is 0.938 bits per heavy atom. The Morgan fingerprint density at radius 3 is 2.34 bits per heavy atom. The molecule has 160 valence electrons. The lowest BCUT2D eigenvalue weighted by Gasteiger charge is -2.22. The van der Waals surface area contributed by atoms with Crippen LogP contribution in [0.15, 0.2) is 83.4 Å². The van der Waals surface area contributed by atoms with Crippen molar-refractivity contribution in [2.45, 2.75) is 18.9 Å². The Hall–Kier alpha value is -3.93. The molecular formula is C26H23N3O3. The van der Waals surface area contributed by atoms with Gasteiger partial charge in [0.05, 0.1) is 7.11 Å². The fourth-order valence-electron chi connectivity index (χ4n) is 4.10. The van der Waals surface area contributed by atoms with Crippen molar-refractivity contribution < 1.29 is 14.1 Å². The minimum atomic E-state index is -0.212. The molecule has 0 saturated carbocycles. The van der Waals surface area contributed by atoms with Crippen LogP contribution in [0.5, 0.6) is 5.75 Å². The molecule has 32 heavy (non-hydrogen) atoms. The number of methoxy groups -OCH3 is 1. The van der Waals surface area contributed by atoms with Gasteiger partial charge >= 0.3 is 0 Å². The van der Waals surface area contributed by atoms with E-state index < -0.39 is 0 Å². The number of benzene rings is 3. The molecule has 3 aromatic carbocycles. The summed E-state index contributed by atoms with van der Waals surface area (Å²) in [6.45, 7) is 0.671. The van der Waals surface area contributed by atoms with E-state index in [-0.39, 0.29) is 11.9 Å². The zero-order valence-corrected chi connectivity index (χ0v) is 17.8. The zero-order valence-electron chi connectivity index (χ0n) is 17.8. The normalized spacial score (nSPS) is 15.7. The third-order valence-electron chi connectivity index (χ3n) is 5.83. The minimum absolute atomic E-state index is 0.0173. The highest BCUT2D eigenvalue weighted by Crippen LogP contribution is 2.33. The summed E-state index contributed by atoms with van der Waals surface area (Å²) in [4.78, 5) is 19.7. The highest BCUT2D eigenvalue weighted by Gasteiger charge is 2.34. The molecule has 6 heteroatoms. The molecule has 0 aliphatic carbocycles. The van der Waals surface area contributed by atoms with Crippen molar-refractivity contribution in [2.75, 3.05) is 13.7 Å². The number of nitrogens with zero attached hydrogens (tertiary/aromatic N) is 3. The van der Waals surface area contributed by atoms with Gasteiger partial charge in [-0.3, -0.25) is 4.79 Å². The Labute approximate surface area is 186 Å². The van der Waals surface area contributed by atoms with Gasteiger partial charge in [0.2, 0.25) is 11.7 Å². The predicted octanol–water partition coefficient (Wildman–Crippen LogP) is 5.39. The molecule has 1 amide bonds. The monoisotopic (exact) mass is 425 g/mol. The van der Waals surface area contributed by atoms with Crippen LogP contribution >= 0.6 is 0 Å². The first-order chi connectivity index (χ1) is 15.7. The number of ether oxygens (including phenoxy) is 1. The average Bonchev–Trinajstić information content (AvgIpc) is 3.54. The van der Waals surface area contributed by atoms with Crippen LogP contribution in [-0.4, -0.2) is 34.6 Å². The van der Waals surface area contributed by atoms with E-state index in [1.165, 1.54) is 0 Å². The first-order valence-electron chi connectivity index (χ1n) is 10.7. The van der Waals surface area contributed by atoms with Gasteiger partial charge in [0.1, 0.15) is 11.8 Å². The van der Waals surface area contributed by atoms with Crippen molar-refractivity contribution in [2.24, 2.45) is 0 Å². The topological polar surface area (TPSA) is 68.5 Å². The van der Waals surface area contributed by atoms with Crippen LogP contribution in [-0.2, 0) is 0 Å². The van der Waals surface area contributed by atoms with Gasteiger partial charge in [-0.05, 0) is 60.4 Å². The molecule has 1 saturated heterocycles. The van der Waals surface area contributed by atoms with Crippen LogP contribution < -0.4 is 4.74 Å². The maximum atomic E-state index is 13.2. The summed E-state index contributed by atoms with van der Waals surface area (Å²) in [7, 11) is 1.63. The van der Waals surface area contributed by atoms with E-state index >= 15 is 0 Å². The maximum absolute atomic E-state index is 13.2. The molecule has 0 spiro atoms. The summed E-state index contributed by atoms with van der Waals surface area (Å²) in [5.74, 6) is 1.73. The smallest absolute Gasteiger partial charge is 0.254 e. The van der Waals surface area contributed by atoms with Crippen molar-refractivity contribution in [1.29, 1.82) is 0 Å². The van der Waals surface area contributed by atoms with Gasteiger partial charge in [-0.25, -0.2) is 0 Å². The number of aromatic nitrogens is 2. The molecule has 2 heterocycles. The molecule has 6 nitrogen and oxygen atoms in total. The van der Waals surface area contributed by atoms with Crippen LogP contribution in [0.25, 0.3) is 22.5 Å². The quantitative estimate of drug-likeness (QED) is 0.429. The summed E-state index contributed by atoms with van der Waals surface area (Å²) >= 11 is 0. The highest BCUT2D eigenvalue weighted by atomic mass is 16.5. The molecule has 0 bridgehead atoms. The zero-order chi connectivity index (χ0) is 21.9. The second-order valence-corrected chi connectivity index (χ2v) is 7.78. The molecule has 5 rings (SSSR count). The molecule has 1 atom stereocenters. The largest absolute Gasteiger partial charge is 0.497 e. The average molecular weight is 425 g/mol. The summed E-state index contributed by atoms with van der Waals surface area (Å²) in [5, 5.41) is 4.13. The van der Waals surface area contributed by atoms with Gasteiger partial charge in [0.15, 0.2) is 0 Å². The van der Waals surface area contributed by atoms with Crippen molar-refractivity contribution in [3.05, 3.63) is 90.3 Å². The van der Waals surface area contributed by atoms with Gasteiger partial charge in [-0.15, -0.1) is 0 Å². The second kappa shape index (κ2) is 8.67. The van der Waals surface area contributed by atoms with Gasteiger partial charge < -0.3 is 14.2 Å². The molecule has 1 aliphatic rings. The van der Waals surface area contributed by atoms with E-state index in [0.717, 1.165) is 35.3 Å². The SMILES string of the molecule is COc1ccc(-c2noc(C3CCCN3C(=O)c3ccc(-c4ccccc4)cc3)n2)cc1. The highest BCUT2D eigenvalue weighted by molar-refractivity contribution is 5.95. The fourth-order valence-corrected chi connectivity index (χ4v) is 4.10. The van der Waals surface area contributed by atoms with Crippen molar-refractivity contribution in [3.8, 4) is 28.3 Å². The first kappa shape index (κ1) is 20.0. The predicted molar refractivity (Wildman–Crippen MR) is 121 cm³/mol. The molecule has 1 aromatic heterocycles. The Morgan fingerprint density at radius 2 is 1.62 bits per heavy atom. The van der Waals surface area contributed by atoms with Crippen LogP contribution in [0.3, 0.4) is 0 Å². The van der Waals surface area contributed by atoms with Gasteiger partial charge in [0.25, 0.3) is 5.91 Å². The summed E-state index contributed by atoms with van der Waals surface area (Å²) in [6.07, 6.45) is 1.71. The lowest BCUT2D eigenvalue weighted by Crippen LogP contribution is -2.30. The van der Waals surface area contributed by atoms with Crippen molar-refractivity contribution in [3.63, 3.8) is 0 Å². The number of hydrogen-bond donors (Lipinski definition) is 0. The molecule has 1 unspecified atom stereocenters. The van der Waals surface area contributed by atoms with E-state index in [1.54, 1.807) is 7.11 Å². The van der Waals surface area contributed by atoms with E-state index in [9.17, 15) is 4.79 Å². The van der Waals surface area contributed by atoms with Gasteiger partial charge in [-0.2, -0.15) is 4.98 Å². The number of carbonyl (C=O) groups is 1. The molecule has 1 aliphatic heterocycles. The number of rotatable bonds is 5. The lowest BCUT2D eigenvalue weighted by atomic mass is 10.0. The van der Waals surface area contributed by atoms with E-state index in [1.807, 2.05) is 71.6 Å². The van der Waals surface area contributed by atoms with Crippen molar-refractivity contribution in [1.82, 2.24) is 15.0 Å². The minimum Gasteiger partial charge on any atom is -0.497 e. The third kappa shape index (κ3) is 3.87. The van der Waals surface area contributed by atoms with E-state index in [2.05, 4.69) is 22.3 Å². The van der Waals surface area contributed by atoms with Crippen LogP contribution in [0, 0.1) is 0 Å². The standard InChI is InChI=1S/C26H23N3O3/c1-31-22-15-13-20(14-16-22)24-27-25(32-28-24)23-8-5-17-29(23)26(30)21-11-9-19(10-12-21)18-6-3-2-4-7-18/h2-4,6-7,9-16,23H,5,8,17H2,1H3. The Balaban J connectivity index is 1.34. The van der Waals surface area contributed by atoms with E-state index in [0.29, 0.717) is 23.8 Å². The number of carbonyl (C=O) groups excluding carboxylic acids is 1. The molecule has 0 radical (unpaired) electrons. The van der Waals surface area contributed by atoms with Crippen LogP contribution in [0.4, 0.5) is 0 Å². The fraction of sp³-hybridized carbons (Fsp3) is 0.192. The summed E-state index contributed by atoms with van der Waals surface area (Å²) in [6, 6.07) is 25.2. The van der Waals surface area contributed by atoms with Gasteiger partial charge in [-0.1, -0.05) is 47.6 Å². The number of likely N-dealkylation sites (tertiary alicyclic amines) is 1.